The molecule has 1 unspecified atom stereocenters. The lowest BCUT2D eigenvalue weighted by Gasteiger charge is -2.14. The molecule has 0 fully saturated rings. The van der Waals surface area contributed by atoms with Gasteiger partial charge >= 0.3 is 0 Å². The predicted octanol–water partition coefficient (Wildman–Crippen LogP) is 4.53. The largest absolute Gasteiger partial charge is 0.294 e. The van der Waals surface area contributed by atoms with Gasteiger partial charge in [-0.2, -0.15) is 0 Å². The van der Waals surface area contributed by atoms with Crippen LogP contribution < -0.4 is 0 Å². The fourth-order valence-electron chi connectivity index (χ4n) is 2.09. The number of benzene rings is 1. The highest BCUT2D eigenvalue weighted by atomic mass is 19.1. The first-order valence-corrected chi connectivity index (χ1v) is 6.40. The highest BCUT2D eigenvalue weighted by Crippen LogP contribution is 2.21. The Bertz CT molecular complexity index is 385. The van der Waals surface area contributed by atoms with Crippen LogP contribution in [0.4, 0.5) is 4.39 Å². The second-order valence-corrected chi connectivity index (χ2v) is 4.57. The second kappa shape index (κ2) is 6.53. The molecule has 0 aliphatic rings. The Morgan fingerprint density at radius 1 is 1.35 bits per heavy atom. The van der Waals surface area contributed by atoms with Crippen LogP contribution in [0.25, 0.3) is 0 Å². The second-order valence-electron chi connectivity index (χ2n) is 4.57. The third-order valence-corrected chi connectivity index (χ3v) is 3.22. The molecule has 1 atom stereocenters. The van der Waals surface area contributed by atoms with Crippen molar-refractivity contribution in [1.29, 1.82) is 0 Å². The number of Topliss-reactive ketones (excluding diaryl/α,β-unsaturated/α-hetero) is 1. The Balaban J connectivity index is 2.86. The van der Waals surface area contributed by atoms with Crippen molar-refractivity contribution in [3.8, 4) is 0 Å². The smallest absolute Gasteiger partial charge is 0.166 e. The van der Waals surface area contributed by atoms with Crippen LogP contribution in [-0.4, -0.2) is 5.78 Å². The van der Waals surface area contributed by atoms with E-state index in [1.54, 1.807) is 13.0 Å². The van der Waals surface area contributed by atoms with Crippen LogP contribution in [0.3, 0.4) is 0 Å². The van der Waals surface area contributed by atoms with Crippen LogP contribution in [0.5, 0.6) is 0 Å². The van der Waals surface area contributed by atoms with E-state index in [0.29, 0.717) is 5.56 Å². The Kier molecular flexibility index (Phi) is 5.33. The van der Waals surface area contributed by atoms with E-state index in [4.69, 9.17) is 0 Å². The normalized spacial score (nSPS) is 12.5. The fraction of sp³-hybridized carbons (Fsp3) is 0.533. The van der Waals surface area contributed by atoms with Gasteiger partial charge in [0.25, 0.3) is 0 Å². The van der Waals surface area contributed by atoms with Gasteiger partial charge in [-0.05, 0) is 43.5 Å². The van der Waals surface area contributed by atoms with Crippen molar-refractivity contribution in [3.05, 3.63) is 35.1 Å². The summed E-state index contributed by atoms with van der Waals surface area (Å²) in [6, 6.07) is 4.41. The molecule has 17 heavy (non-hydrogen) atoms. The molecule has 94 valence electrons. The minimum absolute atomic E-state index is 0.0825. The number of unbranched alkanes of at least 4 members (excludes halogenated alkanes) is 1. The van der Waals surface area contributed by atoms with Crippen molar-refractivity contribution in [3.63, 3.8) is 0 Å². The van der Waals surface area contributed by atoms with E-state index >= 15 is 0 Å². The number of aryl methyl sites for hydroxylation is 1. The number of carbonyl (C=O) groups is 1. The van der Waals surface area contributed by atoms with E-state index in [0.717, 1.165) is 31.2 Å². The average Bonchev–Trinajstić information content (AvgIpc) is 2.29. The van der Waals surface area contributed by atoms with Crippen LogP contribution in [0.15, 0.2) is 18.2 Å². The standard InChI is InChI=1S/C15H21FO/c1-4-6-7-12(5-2)15(17)14-9-8-13(16)10-11(14)3/h8-10,12H,4-7H2,1-3H3. The van der Waals surface area contributed by atoms with Crippen LogP contribution in [0.2, 0.25) is 0 Å². The molecule has 1 aromatic rings. The van der Waals surface area contributed by atoms with Crippen molar-refractivity contribution >= 4 is 5.78 Å². The van der Waals surface area contributed by atoms with Gasteiger partial charge in [-0.15, -0.1) is 0 Å². The van der Waals surface area contributed by atoms with Gasteiger partial charge in [-0.25, -0.2) is 4.39 Å². The number of hydrogen-bond acceptors (Lipinski definition) is 1. The molecule has 0 N–H and O–H groups in total. The van der Waals surface area contributed by atoms with E-state index in [1.807, 2.05) is 6.92 Å². The van der Waals surface area contributed by atoms with Crippen LogP contribution in [0, 0.1) is 18.7 Å². The molecule has 0 amide bonds. The maximum absolute atomic E-state index is 13.0. The Hall–Kier alpha value is -1.18. The van der Waals surface area contributed by atoms with Crippen molar-refractivity contribution in [1.82, 2.24) is 0 Å². The molecule has 0 bridgehead atoms. The molecule has 0 saturated heterocycles. The molecule has 1 nitrogen and oxygen atoms in total. The van der Waals surface area contributed by atoms with Crippen LogP contribution in [-0.2, 0) is 0 Å². The molecule has 0 aliphatic carbocycles. The van der Waals surface area contributed by atoms with Gasteiger partial charge in [-0.3, -0.25) is 4.79 Å². The topological polar surface area (TPSA) is 17.1 Å². The Morgan fingerprint density at radius 3 is 2.59 bits per heavy atom. The van der Waals surface area contributed by atoms with E-state index < -0.39 is 0 Å². The lowest BCUT2D eigenvalue weighted by atomic mass is 9.89. The molecule has 0 aliphatic heterocycles. The molecule has 2 heteroatoms. The average molecular weight is 236 g/mol. The van der Waals surface area contributed by atoms with Gasteiger partial charge in [0.15, 0.2) is 5.78 Å². The van der Waals surface area contributed by atoms with Gasteiger partial charge < -0.3 is 0 Å². The third-order valence-electron chi connectivity index (χ3n) is 3.22. The molecule has 0 spiro atoms. The SMILES string of the molecule is CCCCC(CC)C(=O)c1ccc(F)cc1C. The summed E-state index contributed by atoms with van der Waals surface area (Å²) in [5.41, 5.74) is 1.42. The van der Waals surface area contributed by atoms with Gasteiger partial charge in [-0.1, -0.05) is 26.7 Å². The molecule has 0 saturated carbocycles. The zero-order valence-electron chi connectivity index (χ0n) is 10.9. The van der Waals surface area contributed by atoms with E-state index in [-0.39, 0.29) is 17.5 Å². The zero-order chi connectivity index (χ0) is 12.8. The first-order chi connectivity index (χ1) is 8.10. The molecule has 1 rings (SSSR count). The van der Waals surface area contributed by atoms with Crippen molar-refractivity contribution in [2.75, 3.05) is 0 Å². The summed E-state index contributed by atoms with van der Waals surface area (Å²) in [5.74, 6) is -0.0294. The molecular formula is C15H21FO. The minimum atomic E-state index is -0.277. The number of hydrogen-bond donors (Lipinski definition) is 0. The highest BCUT2D eigenvalue weighted by Gasteiger charge is 2.19. The molecule has 1 aromatic carbocycles. The van der Waals surface area contributed by atoms with E-state index in [2.05, 4.69) is 6.92 Å². The Labute approximate surface area is 103 Å². The summed E-state index contributed by atoms with van der Waals surface area (Å²) < 4.78 is 13.0. The third kappa shape index (κ3) is 3.65. The quantitative estimate of drug-likeness (QED) is 0.663. The summed E-state index contributed by atoms with van der Waals surface area (Å²) in [7, 11) is 0. The van der Waals surface area contributed by atoms with Crippen molar-refractivity contribution in [2.24, 2.45) is 5.92 Å². The monoisotopic (exact) mass is 236 g/mol. The van der Waals surface area contributed by atoms with Crippen molar-refractivity contribution in [2.45, 2.75) is 46.5 Å². The van der Waals surface area contributed by atoms with Gasteiger partial charge in [0.2, 0.25) is 0 Å². The van der Waals surface area contributed by atoms with Gasteiger partial charge in [0, 0.05) is 11.5 Å². The van der Waals surface area contributed by atoms with Crippen molar-refractivity contribution < 1.29 is 9.18 Å². The highest BCUT2D eigenvalue weighted by molar-refractivity contribution is 5.99. The Morgan fingerprint density at radius 2 is 2.06 bits per heavy atom. The zero-order valence-corrected chi connectivity index (χ0v) is 10.9. The lowest BCUT2D eigenvalue weighted by Crippen LogP contribution is -2.15. The number of rotatable bonds is 6. The number of halogens is 1. The molecule has 0 heterocycles. The maximum atomic E-state index is 13.0. The summed E-state index contributed by atoms with van der Waals surface area (Å²) in [6.45, 7) is 5.96. The molecule has 0 radical (unpaired) electrons. The van der Waals surface area contributed by atoms with Gasteiger partial charge in [0.05, 0.1) is 0 Å². The first kappa shape index (κ1) is 13.9. The summed E-state index contributed by atoms with van der Waals surface area (Å²) in [6.07, 6.45) is 3.97. The molecule has 0 aromatic heterocycles. The summed E-state index contributed by atoms with van der Waals surface area (Å²) in [5, 5.41) is 0. The lowest BCUT2D eigenvalue weighted by molar-refractivity contribution is 0.0907. The predicted molar refractivity (Wildman–Crippen MR) is 68.8 cm³/mol. The maximum Gasteiger partial charge on any atom is 0.166 e. The van der Waals surface area contributed by atoms with E-state index in [9.17, 15) is 9.18 Å². The van der Waals surface area contributed by atoms with Gasteiger partial charge in [0.1, 0.15) is 5.82 Å². The number of carbonyl (C=O) groups excluding carboxylic acids is 1. The van der Waals surface area contributed by atoms with Crippen LogP contribution in [0.1, 0.15) is 55.5 Å². The summed E-state index contributed by atoms with van der Waals surface area (Å²) >= 11 is 0. The number of ketones is 1. The summed E-state index contributed by atoms with van der Waals surface area (Å²) in [4.78, 5) is 12.3. The fourth-order valence-corrected chi connectivity index (χ4v) is 2.09. The first-order valence-electron chi connectivity index (χ1n) is 6.40. The van der Waals surface area contributed by atoms with Crippen LogP contribution >= 0.6 is 0 Å². The minimum Gasteiger partial charge on any atom is -0.294 e. The van der Waals surface area contributed by atoms with E-state index in [1.165, 1.54) is 12.1 Å². The molecular weight excluding hydrogens is 215 g/mol.